The molecule has 3 unspecified atom stereocenters. The minimum Gasteiger partial charge on any atom is -0.481 e. The third kappa shape index (κ3) is 2.26. The zero-order valence-electron chi connectivity index (χ0n) is 12.3. The molecule has 0 saturated carbocycles. The van der Waals surface area contributed by atoms with Crippen LogP contribution in [-0.2, 0) is 4.79 Å². The van der Waals surface area contributed by atoms with Gasteiger partial charge in [-0.2, -0.15) is 0 Å². The molecule has 2 aliphatic rings. The Labute approximate surface area is 123 Å². The number of carbonyl (C=O) groups is 2. The van der Waals surface area contributed by atoms with Crippen molar-refractivity contribution in [2.24, 2.45) is 5.92 Å². The Morgan fingerprint density at radius 1 is 1.24 bits per heavy atom. The second-order valence-electron chi connectivity index (χ2n) is 6.08. The number of amides is 2. The normalized spacial score (nSPS) is 27.0. The first-order valence-corrected chi connectivity index (χ1v) is 7.37. The number of hydrogen-bond donors (Lipinski definition) is 2. The summed E-state index contributed by atoms with van der Waals surface area (Å²) in [6, 6.07) is 5.63. The van der Waals surface area contributed by atoms with Crippen molar-refractivity contribution in [3.8, 4) is 0 Å². The van der Waals surface area contributed by atoms with E-state index >= 15 is 0 Å². The Bertz CT molecular complexity index is 579. The highest BCUT2D eigenvalue weighted by atomic mass is 16.4. The van der Waals surface area contributed by atoms with Crippen LogP contribution < -0.4 is 5.32 Å². The lowest BCUT2D eigenvalue weighted by atomic mass is 9.89. The maximum absolute atomic E-state index is 12.6. The third-order valence-corrected chi connectivity index (χ3v) is 4.80. The third-order valence-electron chi connectivity index (χ3n) is 4.80. The van der Waals surface area contributed by atoms with Crippen LogP contribution in [0.15, 0.2) is 18.2 Å². The summed E-state index contributed by atoms with van der Waals surface area (Å²) in [5, 5.41) is 12.2. The standard InChI is InChI=1S/C16H20N2O3/c1-9-4-3-5-10(2)14(9)17-16(21)18-11-6-7-13(18)12(8-11)15(19)20/h3-5,11-13H,6-8H2,1-2H3,(H,17,21)(H,19,20). The largest absolute Gasteiger partial charge is 0.481 e. The first kappa shape index (κ1) is 13.9. The van der Waals surface area contributed by atoms with E-state index in [1.165, 1.54) is 0 Å². The van der Waals surface area contributed by atoms with Crippen molar-refractivity contribution in [1.82, 2.24) is 4.90 Å². The maximum atomic E-state index is 12.6. The first-order valence-electron chi connectivity index (χ1n) is 7.37. The molecule has 21 heavy (non-hydrogen) atoms. The molecule has 112 valence electrons. The predicted octanol–water partition coefficient (Wildman–Crippen LogP) is 2.77. The van der Waals surface area contributed by atoms with Crippen LogP contribution in [0.5, 0.6) is 0 Å². The molecule has 5 heteroatoms. The molecule has 2 saturated heterocycles. The number of aryl methyl sites for hydroxylation is 2. The molecule has 2 heterocycles. The van der Waals surface area contributed by atoms with E-state index in [9.17, 15) is 14.7 Å². The minimum atomic E-state index is -0.785. The Hall–Kier alpha value is -2.04. The highest BCUT2D eigenvalue weighted by molar-refractivity contribution is 5.92. The summed E-state index contributed by atoms with van der Waals surface area (Å²) < 4.78 is 0. The average molecular weight is 288 g/mol. The van der Waals surface area contributed by atoms with E-state index in [0.717, 1.165) is 29.7 Å². The zero-order chi connectivity index (χ0) is 15.1. The van der Waals surface area contributed by atoms with E-state index < -0.39 is 11.9 Å². The predicted molar refractivity (Wildman–Crippen MR) is 79.3 cm³/mol. The van der Waals surface area contributed by atoms with Crippen molar-refractivity contribution < 1.29 is 14.7 Å². The zero-order valence-corrected chi connectivity index (χ0v) is 12.3. The fourth-order valence-corrected chi connectivity index (χ4v) is 3.75. The number of carboxylic acids is 1. The second kappa shape index (κ2) is 5.06. The Balaban J connectivity index is 1.79. The lowest BCUT2D eigenvalue weighted by Crippen LogP contribution is -2.40. The van der Waals surface area contributed by atoms with E-state index in [2.05, 4.69) is 5.32 Å². The van der Waals surface area contributed by atoms with Gasteiger partial charge in [0.05, 0.1) is 5.92 Å². The van der Waals surface area contributed by atoms with Crippen molar-refractivity contribution in [3.63, 3.8) is 0 Å². The molecule has 2 bridgehead atoms. The quantitative estimate of drug-likeness (QED) is 0.879. The molecule has 0 aromatic heterocycles. The number of urea groups is 1. The molecule has 2 fully saturated rings. The second-order valence-corrected chi connectivity index (χ2v) is 6.08. The topological polar surface area (TPSA) is 69.6 Å². The van der Waals surface area contributed by atoms with Crippen LogP contribution in [-0.4, -0.2) is 34.1 Å². The highest BCUT2D eigenvalue weighted by Crippen LogP contribution is 2.42. The Morgan fingerprint density at radius 2 is 1.90 bits per heavy atom. The minimum absolute atomic E-state index is 0.0698. The molecule has 5 nitrogen and oxygen atoms in total. The number of carbonyl (C=O) groups excluding carboxylic acids is 1. The van der Waals surface area contributed by atoms with Crippen molar-refractivity contribution in [1.29, 1.82) is 0 Å². The van der Waals surface area contributed by atoms with Gasteiger partial charge in [-0.1, -0.05) is 18.2 Å². The average Bonchev–Trinajstić information content (AvgIpc) is 3.00. The van der Waals surface area contributed by atoms with Crippen molar-refractivity contribution in [2.75, 3.05) is 5.32 Å². The van der Waals surface area contributed by atoms with Gasteiger partial charge in [0.2, 0.25) is 0 Å². The summed E-state index contributed by atoms with van der Waals surface area (Å²) in [6.07, 6.45) is 2.29. The van der Waals surface area contributed by atoms with E-state index in [0.29, 0.717) is 6.42 Å². The molecule has 0 aliphatic carbocycles. The van der Waals surface area contributed by atoms with Gasteiger partial charge in [-0.15, -0.1) is 0 Å². The number of para-hydroxylation sites is 1. The molecule has 3 atom stereocenters. The lowest BCUT2D eigenvalue weighted by molar-refractivity contribution is -0.142. The summed E-state index contributed by atoms with van der Waals surface area (Å²) in [4.78, 5) is 25.6. The van der Waals surface area contributed by atoms with Gasteiger partial charge < -0.3 is 15.3 Å². The molecule has 1 aromatic carbocycles. The van der Waals surface area contributed by atoms with Crippen LogP contribution >= 0.6 is 0 Å². The van der Waals surface area contributed by atoms with Gasteiger partial charge in [-0.3, -0.25) is 4.79 Å². The number of hydrogen-bond acceptors (Lipinski definition) is 2. The van der Waals surface area contributed by atoms with Crippen molar-refractivity contribution >= 4 is 17.7 Å². The number of anilines is 1. The summed E-state index contributed by atoms with van der Waals surface area (Å²) in [5.41, 5.74) is 2.87. The van der Waals surface area contributed by atoms with E-state index in [1.807, 2.05) is 32.0 Å². The van der Waals surface area contributed by atoms with Gasteiger partial charge in [0.25, 0.3) is 0 Å². The van der Waals surface area contributed by atoms with Gasteiger partial charge in [-0.25, -0.2) is 4.79 Å². The van der Waals surface area contributed by atoms with Crippen LogP contribution in [0.25, 0.3) is 0 Å². The van der Waals surface area contributed by atoms with Gasteiger partial charge in [-0.05, 0) is 44.2 Å². The van der Waals surface area contributed by atoms with Crippen LogP contribution in [0.4, 0.5) is 10.5 Å². The number of nitrogens with one attached hydrogen (secondary N) is 1. The maximum Gasteiger partial charge on any atom is 0.322 e. The number of rotatable bonds is 2. The molecule has 2 amide bonds. The van der Waals surface area contributed by atoms with Gasteiger partial charge in [0.15, 0.2) is 0 Å². The molecule has 2 N–H and O–H groups in total. The SMILES string of the molecule is Cc1cccc(C)c1NC(=O)N1C2CCC1C(C(=O)O)C2. The number of nitrogens with zero attached hydrogens (tertiary/aromatic N) is 1. The number of aliphatic carboxylic acids is 1. The van der Waals surface area contributed by atoms with Gasteiger partial charge >= 0.3 is 12.0 Å². The Kier molecular flexibility index (Phi) is 3.35. The molecular weight excluding hydrogens is 268 g/mol. The van der Waals surface area contributed by atoms with Crippen LogP contribution in [0.1, 0.15) is 30.4 Å². The fraction of sp³-hybridized carbons (Fsp3) is 0.500. The summed E-state index contributed by atoms with van der Waals surface area (Å²) in [5.74, 6) is -1.19. The summed E-state index contributed by atoms with van der Waals surface area (Å²) in [6.45, 7) is 3.92. The first-order chi connectivity index (χ1) is 9.99. The van der Waals surface area contributed by atoms with Crippen LogP contribution in [0, 0.1) is 19.8 Å². The molecule has 0 radical (unpaired) electrons. The van der Waals surface area contributed by atoms with Crippen molar-refractivity contribution in [3.05, 3.63) is 29.3 Å². The molecule has 0 spiro atoms. The molecular formula is C16H20N2O3. The smallest absolute Gasteiger partial charge is 0.322 e. The number of carboxylic acid groups (broad SMARTS) is 1. The summed E-state index contributed by atoms with van der Waals surface area (Å²) >= 11 is 0. The fourth-order valence-electron chi connectivity index (χ4n) is 3.75. The van der Waals surface area contributed by atoms with E-state index in [4.69, 9.17) is 0 Å². The van der Waals surface area contributed by atoms with E-state index in [1.54, 1.807) is 4.90 Å². The lowest BCUT2D eigenvalue weighted by Gasteiger charge is -2.24. The number of benzene rings is 1. The van der Waals surface area contributed by atoms with Crippen LogP contribution in [0.3, 0.4) is 0 Å². The van der Waals surface area contributed by atoms with Crippen molar-refractivity contribution in [2.45, 2.75) is 45.2 Å². The van der Waals surface area contributed by atoms with E-state index in [-0.39, 0.29) is 18.1 Å². The van der Waals surface area contributed by atoms with Gasteiger partial charge in [0.1, 0.15) is 0 Å². The van der Waals surface area contributed by atoms with Gasteiger partial charge in [0, 0.05) is 17.8 Å². The highest BCUT2D eigenvalue weighted by Gasteiger charge is 2.51. The summed E-state index contributed by atoms with van der Waals surface area (Å²) in [7, 11) is 0. The molecule has 1 aromatic rings. The monoisotopic (exact) mass is 288 g/mol. The molecule has 2 aliphatic heterocycles. The molecule has 3 rings (SSSR count). The Morgan fingerprint density at radius 3 is 2.48 bits per heavy atom. The van der Waals surface area contributed by atoms with Crippen LogP contribution in [0.2, 0.25) is 0 Å². The number of fused-ring (bicyclic) bond motifs is 2.